The SMILES string of the molecule is O=C(N/N=C\c1ccccc1F)c1cc(F)ccc1F. The van der Waals surface area contributed by atoms with E-state index in [0.717, 1.165) is 24.4 Å². The first-order valence-electron chi connectivity index (χ1n) is 5.61. The third-order valence-corrected chi connectivity index (χ3v) is 2.45. The minimum absolute atomic E-state index is 0.160. The number of hydrazone groups is 1. The summed E-state index contributed by atoms with van der Waals surface area (Å²) in [5.41, 5.74) is 1.68. The molecule has 0 radical (unpaired) electrons. The number of halogens is 3. The predicted octanol–water partition coefficient (Wildman–Crippen LogP) is 2.87. The molecular weight excluding hydrogens is 269 g/mol. The molecule has 102 valence electrons. The number of hydrogen-bond acceptors (Lipinski definition) is 2. The predicted molar refractivity (Wildman–Crippen MR) is 67.8 cm³/mol. The van der Waals surface area contributed by atoms with Crippen molar-refractivity contribution in [1.82, 2.24) is 5.43 Å². The Balaban J connectivity index is 2.09. The van der Waals surface area contributed by atoms with Gasteiger partial charge in [0.2, 0.25) is 0 Å². The van der Waals surface area contributed by atoms with E-state index < -0.39 is 28.9 Å². The lowest BCUT2D eigenvalue weighted by atomic mass is 10.2. The van der Waals surface area contributed by atoms with Gasteiger partial charge in [0, 0.05) is 5.56 Å². The van der Waals surface area contributed by atoms with Crippen LogP contribution in [0.2, 0.25) is 0 Å². The monoisotopic (exact) mass is 278 g/mol. The largest absolute Gasteiger partial charge is 0.274 e. The number of nitrogens with one attached hydrogen (secondary N) is 1. The molecule has 0 aliphatic carbocycles. The number of nitrogens with zero attached hydrogens (tertiary/aromatic N) is 1. The van der Waals surface area contributed by atoms with Gasteiger partial charge in [-0.3, -0.25) is 4.79 Å². The quantitative estimate of drug-likeness (QED) is 0.680. The smallest absolute Gasteiger partial charge is 0.267 e. The molecule has 0 fully saturated rings. The highest BCUT2D eigenvalue weighted by molar-refractivity contribution is 5.95. The van der Waals surface area contributed by atoms with E-state index in [0.29, 0.717) is 0 Å². The summed E-state index contributed by atoms with van der Waals surface area (Å²) in [6, 6.07) is 8.28. The first-order valence-corrected chi connectivity index (χ1v) is 5.61. The van der Waals surface area contributed by atoms with E-state index >= 15 is 0 Å². The van der Waals surface area contributed by atoms with Gasteiger partial charge >= 0.3 is 0 Å². The van der Waals surface area contributed by atoms with E-state index in [2.05, 4.69) is 5.10 Å². The number of rotatable bonds is 3. The van der Waals surface area contributed by atoms with Crippen molar-refractivity contribution in [3.05, 3.63) is 71.0 Å². The lowest BCUT2D eigenvalue weighted by molar-refractivity contribution is 0.0950. The first-order chi connectivity index (χ1) is 9.58. The summed E-state index contributed by atoms with van der Waals surface area (Å²) in [4.78, 5) is 11.6. The van der Waals surface area contributed by atoms with Crippen molar-refractivity contribution in [2.24, 2.45) is 5.10 Å². The van der Waals surface area contributed by atoms with E-state index in [1.165, 1.54) is 18.2 Å². The fourth-order valence-electron chi connectivity index (χ4n) is 1.47. The van der Waals surface area contributed by atoms with Crippen LogP contribution in [0.25, 0.3) is 0 Å². The normalized spacial score (nSPS) is 10.8. The van der Waals surface area contributed by atoms with Gasteiger partial charge in [-0.15, -0.1) is 0 Å². The third kappa shape index (κ3) is 3.23. The van der Waals surface area contributed by atoms with Crippen LogP contribution in [0.5, 0.6) is 0 Å². The van der Waals surface area contributed by atoms with Crippen LogP contribution in [0.15, 0.2) is 47.6 Å². The molecule has 0 heterocycles. The molecule has 3 nitrogen and oxygen atoms in total. The van der Waals surface area contributed by atoms with Crippen LogP contribution in [-0.2, 0) is 0 Å². The summed E-state index contributed by atoms with van der Waals surface area (Å²) >= 11 is 0. The Bertz CT molecular complexity index is 671. The zero-order chi connectivity index (χ0) is 14.5. The second kappa shape index (κ2) is 6.01. The van der Waals surface area contributed by atoms with Gasteiger partial charge in [0.25, 0.3) is 5.91 Å². The summed E-state index contributed by atoms with van der Waals surface area (Å²) in [6.45, 7) is 0. The van der Waals surface area contributed by atoms with Crippen molar-refractivity contribution in [2.45, 2.75) is 0 Å². The maximum absolute atomic E-state index is 13.3. The average Bonchev–Trinajstić information content (AvgIpc) is 2.43. The van der Waals surface area contributed by atoms with Gasteiger partial charge in [0.15, 0.2) is 0 Å². The molecule has 20 heavy (non-hydrogen) atoms. The van der Waals surface area contributed by atoms with Gasteiger partial charge < -0.3 is 0 Å². The summed E-state index contributed by atoms with van der Waals surface area (Å²) in [6.07, 6.45) is 1.07. The Morgan fingerprint density at radius 1 is 1.05 bits per heavy atom. The topological polar surface area (TPSA) is 41.5 Å². The molecule has 0 unspecified atom stereocenters. The molecule has 0 aliphatic rings. The molecule has 0 bridgehead atoms. The van der Waals surface area contributed by atoms with E-state index in [1.807, 2.05) is 5.43 Å². The Kier molecular flexibility index (Phi) is 4.14. The van der Waals surface area contributed by atoms with Gasteiger partial charge in [-0.25, -0.2) is 18.6 Å². The van der Waals surface area contributed by atoms with Crippen LogP contribution in [0.3, 0.4) is 0 Å². The fourth-order valence-corrected chi connectivity index (χ4v) is 1.47. The minimum Gasteiger partial charge on any atom is -0.267 e. The molecule has 0 saturated heterocycles. The van der Waals surface area contributed by atoms with Gasteiger partial charge in [-0.1, -0.05) is 18.2 Å². The lowest BCUT2D eigenvalue weighted by Gasteiger charge is -2.01. The van der Waals surface area contributed by atoms with Gasteiger partial charge in [-0.2, -0.15) is 5.10 Å². The molecule has 0 aliphatic heterocycles. The minimum atomic E-state index is -0.922. The summed E-state index contributed by atoms with van der Waals surface area (Å²) in [5, 5.41) is 3.50. The highest BCUT2D eigenvalue weighted by atomic mass is 19.1. The third-order valence-electron chi connectivity index (χ3n) is 2.45. The molecular formula is C14H9F3N2O. The van der Waals surface area contributed by atoms with Crippen LogP contribution >= 0.6 is 0 Å². The summed E-state index contributed by atoms with van der Waals surface area (Å²) in [5.74, 6) is -3.04. The second-order valence-corrected chi connectivity index (χ2v) is 3.84. The van der Waals surface area contributed by atoms with Crippen molar-refractivity contribution in [2.75, 3.05) is 0 Å². The molecule has 1 N–H and O–H groups in total. The number of carbonyl (C=O) groups excluding carboxylic acids is 1. The number of carbonyl (C=O) groups is 1. The van der Waals surface area contributed by atoms with Crippen molar-refractivity contribution in [3.63, 3.8) is 0 Å². The molecule has 2 aromatic carbocycles. The number of hydrogen-bond donors (Lipinski definition) is 1. The Hall–Kier alpha value is -2.63. The highest BCUT2D eigenvalue weighted by Crippen LogP contribution is 2.09. The highest BCUT2D eigenvalue weighted by Gasteiger charge is 2.11. The number of benzene rings is 2. The first kappa shape index (κ1) is 13.8. The standard InChI is InChI=1S/C14H9F3N2O/c15-10-5-6-13(17)11(7-10)14(20)19-18-8-9-3-1-2-4-12(9)16/h1-8H,(H,19,20)/b18-8-. The molecule has 6 heteroatoms. The molecule has 0 atom stereocenters. The van der Waals surface area contributed by atoms with Crippen LogP contribution in [0.4, 0.5) is 13.2 Å². The van der Waals surface area contributed by atoms with Gasteiger partial charge in [0.05, 0.1) is 11.8 Å². The van der Waals surface area contributed by atoms with Crippen LogP contribution in [0, 0.1) is 17.5 Å². The van der Waals surface area contributed by atoms with Crippen molar-refractivity contribution in [3.8, 4) is 0 Å². The summed E-state index contributed by atoms with van der Waals surface area (Å²) < 4.78 is 39.4. The molecule has 0 saturated carbocycles. The lowest BCUT2D eigenvalue weighted by Crippen LogP contribution is -2.19. The maximum atomic E-state index is 13.3. The molecule has 0 aromatic heterocycles. The van der Waals surface area contributed by atoms with Crippen LogP contribution < -0.4 is 5.43 Å². The fraction of sp³-hybridized carbons (Fsp3) is 0. The van der Waals surface area contributed by atoms with Crippen LogP contribution in [0.1, 0.15) is 15.9 Å². The Morgan fingerprint density at radius 2 is 1.80 bits per heavy atom. The Labute approximate surface area is 112 Å². The van der Waals surface area contributed by atoms with E-state index in [9.17, 15) is 18.0 Å². The maximum Gasteiger partial charge on any atom is 0.274 e. The van der Waals surface area contributed by atoms with Crippen LogP contribution in [-0.4, -0.2) is 12.1 Å². The van der Waals surface area contributed by atoms with Crippen molar-refractivity contribution < 1.29 is 18.0 Å². The van der Waals surface area contributed by atoms with Crippen molar-refractivity contribution >= 4 is 12.1 Å². The van der Waals surface area contributed by atoms with Crippen molar-refractivity contribution in [1.29, 1.82) is 0 Å². The molecule has 2 aromatic rings. The zero-order valence-electron chi connectivity index (χ0n) is 10.1. The molecule has 1 amide bonds. The van der Waals surface area contributed by atoms with E-state index in [4.69, 9.17) is 0 Å². The average molecular weight is 278 g/mol. The Morgan fingerprint density at radius 3 is 2.55 bits per heavy atom. The zero-order valence-corrected chi connectivity index (χ0v) is 10.1. The molecule has 2 rings (SSSR count). The van der Waals surface area contributed by atoms with Gasteiger partial charge in [0.1, 0.15) is 17.5 Å². The van der Waals surface area contributed by atoms with E-state index in [1.54, 1.807) is 6.07 Å². The molecule has 0 spiro atoms. The number of amides is 1. The second-order valence-electron chi connectivity index (χ2n) is 3.84. The van der Waals surface area contributed by atoms with E-state index in [-0.39, 0.29) is 5.56 Å². The van der Waals surface area contributed by atoms with Gasteiger partial charge in [-0.05, 0) is 24.3 Å². The summed E-state index contributed by atoms with van der Waals surface area (Å²) in [7, 11) is 0.